The Labute approximate surface area is 114 Å². The minimum absolute atomic E-state index is 0.620. The molecule has 1 aliphatic rings. The molecule has 100 valence electrons. The van der Waals surface area contributed by atoms with Gasteiger partial charge in [0.05, 0.1) is 0 Å². The van der Waals surface area contributed by atoms with Crippen LogP contribution in [0.2, 0.25) is 0 Å². The summed E-state index contributed by atoms with van der Waals surface area (Å²) in [6.07, 6.45) is 9.22. The molecule has 2 aromatic rings. The molecule has 1 N–H and O–H groups in total. The van der Waals surface area contributed by atoms with E-state index in [1.165, 1.54) is 36.8 Å². The molecule has 0 amide bonds. The van der Waals surface area contributed by atoms with Crippen LogP contribution in [0, 0.1) is 13.8 Å². The van der Waals surface area contributed by atoms with Gasteiger partial charge in [-0.3, -0.25) is 0 Å². The second-order valence-electron chi connectivity index (χ2n) is 5.47. The molecule has 1 aromatic carbocycles. The van der Waals surface area contributed by atoms with Gasteiger partial charge in [0.25, 0.3) is 0 Å². The molecular formula is C16H21N3. The van der Waals surface area contributed by atoms with Gasteiger partial charge in [0.15, 0.2) is 0 Å². The molecule has 0 unspecified atom stereocenters. The Morgan fingerprint density at radius 3 is 2.79 bits per heavy atom. The Kier molecular flexibility index (Phi) is 3.28. The summed E-state index contributed by atoms with van der Waals surface area (Å²) < 4.78 is 2.30. The number of anilines is 2. The molecular weight excluding hydrogens is 234 g/mol. The summed E-state index contributed by atoms with van der Waals surface area (Å²) in [5.74, 6) is 0.973. The smallest absolute Gasteiger partial charge is 0.207 e. The minimum Gasteiger partial charge on any atom is -0.325 e. The van der Waals surface area contributed by atoms with E-state index >= 15 is 0 Å². The zero-order valence-corrected chi connectivity index (χ0v) is 11.7. The monoisotopic (exact) mass is 255 g/mol. The van der Waals surface area contributed by atoms with E-state index in [2.05, 4.69) is 53.1 Å². The first-order valence-corrected chi connectivity index (χ1v) is 7.12. The van der Waals surface area contributed by atoms with Crippen molar-refractivity contribution in [3.63, 3.8) is 0 Å². The van der Waals surface area contributed by atoms with Crippen molar-refractivity contribution in [3.8, 4) is 0 Å². The SMILES string of the molecule is Cc1cccc(Nc2nccn2C2CCCC2)c1C. The van der Waals surface area contributed by atoms with Crippen molar-refractivity contribution in [1.82, 2.24) is 9.55 Å². The van der Waals surface area contributed by atoms with Crippen molar-refractivity contribution in [2.75, 3.05) is 5.32 Å². The van der Waals surface area contributed by atoms with Gasteiger partial charge in [0.1, 0.15) is 0 Å². The standard InChI is InChI=1S/C16H21N3/c1-12-6-5-9-15(13(12)2)18-16-17-10-11-19(16)14-7-3-4-8-14/h5-6,9-11,14H,3-4,7-8H2,1-2H3,(H,17,18). The van der Waals surface area contributed by atoms with Crippen molar-refractivity contribution in [1.29, 1.82) is 0 Å². The first kappa shape index (κ1) is 12.3. The van der Waals surface area contributed by atoms with Crippen LogP contribution >= 0.6 is 0 Å². The maximum absolute atomic E-state index is 4.48. The van der Waals surface area contributed by atoms with Crippen molar-refractivity contribution in [2.24, 2.45) is 0 Å². The van der Waals surface area contributed by atoms with Gasteiger partial charge in [-0.2, -0.15) is 0 Å². The van der Waals surface area contributed by atoms with Crippen LogP contribution in [0.15, 0.2) is 30.6 Å². The van der Waals surface area contributed by atoms with Gasteiger partial charge in [0.2, 0.25) is 5.95 Å². The summed E-state index contributed by atoms with van der Waals surface area (Å²) in [5, 5.41) is 3.49. The van der Waals surface area contributed by atoms with E-state index in [-0.39, 0.29) is 0 Å². The summed E-state index contributed by atoms with van der Waals surface area (Å²) in [5.41, 5.74) is 3.76. The normalized spacial score (nSPS) is 15.9. The number of hydrogen-bond donors (Lipinski definition) is 1. The Morgan fingerprint density at radius 1 is 1.21 bits per heavy atom. The van der Waals surface area contributed by atoms with E-state index in [1.807, 2.05) is 6.20 Å². The molecule has 0 radical (unpaired) electrons. The summed E-state index contributed by atoms with van der Waals surface area (Å²) >= 11 is 0. The highest BCUT2D eigenvalue weighted by Gasteiger charge is 2.19. The van der Waals surface area contributed by atoms with Crippen LogP contribution in [-0.2, 0) is 0 Å². The molecule has 1 aliphatic carbocycles. The number of aromatic nitrogens is 2. The number of aryl methyl sites for hydroxylation is 1. The minimum atomic E-state index is 0.620. The molecule has 1 saturated carbocycles. The fraction of sp³-hybridized carbons (Fsp3) is 0.438. The summed E-state index contributed by atoms with van der Waals surface area (Å²) in [6, 6.07) is 6.98. The molecule has 3 heteroatoms. The predicted molar refractivity (Wildman–Crippen MR) is 78.9 cm³/mol. The van der Waals surface area contributed by atoms with Crippen molar-refractivity contribution >= 4 is 11.6 Å². The van der Waals surface area contributed by atoms with Gasteiger partial charge in [-0.25, -0.2) is 4.98 Å². The molecule has 1 aromatic heterocycles. The third-order valence-electron chi connectivity index (χ3n) is 4.24. The molecule has 0 spiro atoms. The summed E-state index contributed by atoms with van der Waals surface area (Å²) in [7, 11) is 0. The van der Waals surface area contributed by atoms with Crippen molar-refractivity contribution in [3.05, 3.63) is 41.7 Å². The Balaban J connectivity index is 1.87. The second kappa shape index (κ2) is 5.08. The van der Waals surface area contributed by atoms with Crippen molar-refractivity contribution < 1.29 is 0 Å². The van der Waals surface area contributed by atoms with E-state index in [9.17, 15) is 0 Å². The van der Waals surface area contributed by atoms with Crippen LogP contribution in [0.1, 0.15) is 42.9 Å². The van der Waals surface area contributed by atoms with E-state index in [0.29, 0.717) is 6.04 Å². The van der Waals surface area contributed by atoms with Gasteiger partial charge in [0, 0.05) is 24.1 Å². The van der Waals surface area contributed by atoms with Crippen LogP contribution in [-0.4, -0.2) is 9.55 Å². The van der Waals surface area contributed by atoms with E-state index in [4.69, 9.17) is 0 Å². The second-order valence-corrected chi connectivity index (χ2v) is 5.47. The third-order valence-corrected chi connectivity index (χ3v) is 4.24. The molecule has 0 saturated heterocycles. The fourth-order valence-electron chi connectivity index (χ4n) is 2.89. The van der Waals surface area contributed by atoms with Crippen LogP contribution < -0.4 is 5.32 Å². The molecule has 0 aliphatic heterocycles. The number of rotatable bonds is 3. The highest BCUT2D eigenvalue weighted by Crippen LogP contribution is 2.32. The van der Waals surface area contributed by atoms with Gasteiger partial charge in [-0.1, -0.05) is 25.0 Å². The van der Waals surface area contributed by atoms with Gasteiger partial charge < -0.3 is 9.88 Å². The Bertz CT molecular complexity index is 565. The van der Waals surface area contributed by atoms with Crippen molar-refractivity contribution in [2.45, 2.75) is 45.6 Å². The quantitative estimate of drug-likeness (QED) is 0.883. The van der Waals surface area contributed by atoms with E-state index in [0.717, 1.165) is 11.6 Å². The highest BCUT2D eigenvalue weighted by atomic mass is 15.2. The lowest BCUT2D eigenvalue weighted by atomic mass is 10.1. The van der Waals surface area contributed by atoms with E-state index in [1.54, 1.807) is 0 Å². The lowest BCUT2D eigenvalue weighted by Gasteiger charge is -2.17. The van der Waals surface area contributed by atoms with Crippen LogP contribution in [0.5, 0.6) is 0 Å². The molecule has 3 rings (SSSR count). The van der Waals surface area contributed by atoms with Gasteiger partial charge in [-0.05, 0) is 43.9 Å². The number of benzene rings is 1. The lowest BCUT2D eigenvalue weighted by Crippen LogP contribution is -2.08. The van der Waals surface area contributed by atoms with Gasteiger partial charge >= 0.3 is 0 Å². The fourth-order valence-corrected chi connectivity index (χ4v) is 2.89. The summed E-state index contributed by atoms with van der Waals surface area (Å²) in [6.45, 7) is 4.30. The maximum atomic E-state index is 4.48. The molecule has 3 nitrogen and oxygen atoms in total. The van der Waals surface area contributed by atoms with Gasteiger partial charge in [-0.15, -0.1) is 0 Å². The lowest BCUT2D eigenvalue weighted by molar-refractivity contribution is 0.525. The molecule has 0 atom stereocenters. The Morgan fingerprint density at radius 2 is 2.00 bits per heavy atom. The predicted octanol–water partition coefficient (Wildman–Crippen LogP) is 4.36. The first-order chi connectivity index (χ1) is 9.25. The molecule has 1 heterocycles. The maximum Gasteiger partial charge on any atom is 0.207 e. The molecule has 1 fully saturated rings. The Hall–Kier alpha value is -1.77. The number of hydrogen-bond acceptors (Lipinski definition) is 2. The number of imidazole rings is 1. The third kappa shape index (κ3) is 2.37. The van der Waals surface area contributed by atoms with Crippen LogP contribution in [0.3, 0.4) is 0 Å². The highest BCUT2D eigenvalue weighted by molar-refractivity contribution is 5.60. The largest absolute Gasteiger partial charge is 0.325 e. The average molecular weight is 255 g/mol. The van der Waals surface area contributed by atoms with Crippen LogP contribution in [0.4, 0.5) is 11.6 Å². The zero-order valence-electron chi connectivity index (χ0n) is 11.7. The average Bonchev–Trinajstić information content (AvgIpc) is 3.05. The van der Waals surface area contributed by atoms with Crippen LogP contribution in [0.25, 0.3) is 0 Å². The molecule has 19 heavy (non-hydrogen) atoms. The number of nitrogens with one attached hydrogen (secondary N) is 1. The topological polar surface area (TPSA) is 29.9 Å². The first-order valence-electron chi connectivity index (χ1n) is 7.12. The summed E-state index contributed by atoms with van der Waals surface area (Å²) in [4.78, 5) is 4.48. The number of nitrogens with zero attached hydrogens (tertiary/aromatic N) is 2. The molecule has 0 bridgehead atoms. The zero-order chi connectivity index (χ0) is 13.2. The van der Waals surface area contributed by atoms with E-state index < -0.39 is 0 Å².